The van der Waals surface area contributed by atoms with Gasteiger partial charge in [-0.05, 0) is 42.0 Å². The molecule has 0 atom stereocenters. The third kappa shape index (κ3) is 4.92. The molecule has 1 N–H and O–H groups in total. The van der Waals surface area contributed by atoms with Crippen LogP contribution in [0.4, 0.5) is 0 Å². The van der Waals surface area contributed by atoms with Crippen molar-refractivity contribution in [3.63, 3.8) is 0 Å². The molecule has 1 saturated heterocycles. The zero-order chi connectivity index (χ0) is 20.1. The molecule has 1 aliphatic heterocycles. The molecule has 0 aliphatic carbocycles. The average Bonchev–Trinajstić information content (AvgIpc) is 2.95. The number of thiocarbonyl (C=S) groups is 1. The van der Waals surface area contributed by atoms with E-state index in [2.05, 4.69) is 5.32 Å². The maximum absolute atomic E-state index is 12.7. The van der Waals surface area contributed by atoms with E-state index in [-0.39, 0.29) is 18.4 Å². The summed E-state index contributed by atoms with van der Waals surface area (Å²) in [7, 11) is 1.59. The summed E-state index contributed by atoms with van der Waals surface area (Å²) in [6.45, 7) is 0.580. The molecule has 0 aromatic heterocycles. The van der Waals surface area contributed by atoms with Crippen LogP contribution < -0.4 is 10.1 Å². The van der Waals surface area contributed by atoms with E-state index in [0.717, 1.165) is 5.56 Å². The molecule has 0 saturated carbocycles. The van der Waals surface area contributed by atoms with Crippen LogP contribution in [0.5, 0.6) is 5.75 Å². The lowest BCUT2D eigenvalue weighted by atomic mass is 10.2. The Hall–Kier alpha value is -2.35. The fourth-order valence-corrected chi connectivity index (χ4v) is 4.09. The molecule has 2 aromatic carbocycles. The number of nitrogens with zero attached hydrogens (tertiary/aromatic N) is 1. The minimum Gasteiger partial charge on any atom is -0.497 e. The Morgan fingerprint density at radius 2 is 2.07 bits per heavy atom. The van der Waals surface area contributed by atoms with E-state index in [9.17, 15) is 9.59 Å². The van der Waals surface area contributed by atoms with Crippen molar-refractivity contribution in [2.75, 3.05) is 20.2 Å². The number of carbonyl (C=O) groups excluding carboxylic acids is 2. The van der Waals surface area contributed by atoms with Crippen molar-refractivity contribution in [2.45, 2.75) is 0 Å². The number of halogens is 1. The number of rotatable bonds is 6. The van der Waals surface area contributed by atoms with Gasteiger partial charge in [0, 0.05) is 23.7 Å². The Balaban J connectivity index is 1.60. The molecule has 144 valence electrons. The second-order valence-electron chi connectivity index (χ2n) is 5.88. The highest BCUT2D eigenvalue weighted by molar-refractivity contribution is 8.26. The number of ether oxygens (including phenoxy) is 1. The monoisotopic (exact) mass is 432 g/mol. The van der Waals surface area contributed by atoms with E-state index in [1.54, 1.807) is 37.5 Å². The summed E-state index contributed by atoms with van der Waals surface area (Å²) in [6, 6.07) is 14.1. The Morgan fingerprint density at radius 1 is 1.29 bits per heavy atom. The number of thioether (sulfide) groups is 1. The quantitative estimate of drug-likeness (QED) is 0.552. The third-order valence-electron chi connectivity index (χ3n) is 3.97. The summed E-state index contributed by atoms with van der Waals surface area (Å²) in [4.78, 5) is 26.8. The van der Waals surface area contributed by atoms with Gasteiger partial charge < -0.3 is 10.1 Å². The topological polar surface area (TPSA) is 58.6 Å². The Bertz CT molecular complexity index is 962. The smallest absolute Gasteiger partial charge is 0.266 e. The maximum Gasteiger partial charge on any atom is 0.266 e. The van der Waals surface area contributed by atoms with Crippen LogP contribution in [0.3, 0.4) is 0 Å². The van der Waals surface area contributed by atoms with Crippen molar-refractivity contribution in [3.05, 3.63) is 69.6 Å². The van der Waals surface area contributed by atoms with Crippen molar-refractivity contribution < 1.29 is 14.3 Å². The molecule has 2 aromatic rings. The predicted octanol–water partition coefficient (Wildman–Crippen LogP) is 3.98. The molecular weight excluding hydrogens is 416 g/mol. The maximum atomic E-state index is 12.7. The van der Waals surface area contributed by atoms with Crippen molar-refractivity contribution in [1.29, 1.82) is 0 Å². The van der Waals surface area contributed by atoms with Crippen LogP contribution in [0.15, 0.2) is 53.4 Å². The zero-order valence-electron chi connectivity index (χ0n) is 15.0. The first-order chi connectivity index (χ1) is 13.5. The molecule has 0 unspecified atom stereocenters. The van der Waals surface area contributed by atoms with Gasteiger partial charge in [0.1, 0.15) is 10.1 Å². The molecule has 0 bridgehead atoms. The molecule has 1 aliphatic rings. The van der Waals surface area contributed by atoms with Gasteiger partial charge in [-0.15, -0.1) is 0 Å². The predicted molar refractivity (Wildman–Crippen MR) is 117 cm³/mol. The molecule has 5 nitrogen and oxygen atoms in total. The van der Waals surface area contributed by atoms with Gasteiger partial charge in [-0.25, -0.2) is 0 Å². The second kappa shape index (κ2) is 9.23. The van der Waals surface area contributed by atoms with Crippen LogP contribution in [0.25, 0.3) is 6.08 Å². The number of methoxy groups -OCH3 is 1. The van der Waals surface area contributed by atoms with Crippen LogP contribution in [0.2, 0.25) is 5.02 Å². The molecule has 2 amide bonds. The number of nitrogens with one attached hydrogen (secondary N) is 1. The van der Waals surface area contributed by atoms with Crippen molar-refractivity contribution >= 4 is 57.8 Å². The van der Waals surface area contributed by atoms with E-state index in [1.807, 2.05) is 24.3 Å². The summed E-state index contributed by atoms with van der Waals surface area (Å²) < 4.78 is 5.67. The van der Waals surface area contributed by atoms with Crippen LogP contribution in [0, 0.1) is 0 Å². The SMILES string of the molecule is COc1cccc(/C=C2/SC(=S)N(CCNC(=O)c3cccc(Cl)c3)C2=O)c1. The van der Waals surface area contributed by atoms with Gasteiger partial charge in [0.25, 0.3) is 11.8 Å². The van der Waals surface area contributed by atoms with Gasteiger partial charge in [0.05, 0.1) is 12.0 Å². The molecule has 0 spiro atoms. The van der Waals surface area contributed by atoms with Crippen LogP contribution in [-0.4, -0.2) is 41.2 Å². The largest absolute Gasteiger partial charge is 0.497 e. The van der Waals surface area contributed by atoms with Gasteiger partial charge in [0.2, 0.25) is 0 Å². The summed E-state index contributed by atoms with van der Waals surface area (Å²) in [5, 5.41) is 3.27. The number of hydrogen-bond acceptors (Lipinski definition) is 5. The first-order valence-electron chi connectivity index (χ1n) is 8.41. The van der Waals surface area contributed by atoms with Crippen molar-refractivity contribution in [1.82, 2.24) is 10.2 Å². The van der Waals surface area contributed by atoms with Crippen LogP contribution >= 0.6 is 35.6 Å². The standard InChI is InChI=1S/C20H17ClN2O3S2/c1-26-16-7-2-4-13(10-16)11-17-19(25)23(20(27)28-17)9-8-22-18(24)14-5-3-6-15(21)12-14/h2-7,10-12H,8-9H2,1H3,(H,22,24)/b17-11+. The zero-order valence-corrected chi connectivity index (χ0v) is 17.4. The Labute approximate surface area is 177 Å². The summed E-state index contributed by atoms with van der Waals surface area (Å²) >= 11 is 12.5. The van der Waals surface area contributed by atoms with Gasteiger partial charge >= 0.3 is 0 Å². The molecule has 28 heavy (non-hydrogen) atoms. The number of carbonyl (C=O) groups is 2. The minimum absolute atomic E-state index is 0.171. The fraction of sp³-hybridized carbons (Fsp3) is 0.150. The van der Waals surface area contributed by atoms with E-state index in [0.29, 0.717) is 32.1 Å². The molecular formula is C20H17ClN2O3S2. The molecule has 1 fully saturated rings. The lowest BCUT2D eigenvalue weighted by Gasteiger charge is -2.14. The third-order valence-corrected chi connectivity index (χ3v) is 5.59. The van der Waals surface area contributed by atoms with Crippen LogP contribution in [0.1, 0.15) is 15.9 Å². The summed E-state index contributed by atoms with van der Waals surface area (Å²) in [5.41, 5.74) is 1.32. The first kappa shape index (κ1) is 20.4. The van der Waals surface area contributed by atoms with E-state index >= 15 is 0 Å². The highest BCUT2D eigenvalue weighted by atomic mass is 35.5. The number of amides is 2. The summed E-state index contributed by atoms with van der Waals surface area (Å²) in [6.07, 6.45) is 1.78. The van der Waals surface area contributed by atoms with E-state index in [4.69, 9.17) is 28.6 Å². The fourth-order valence-electron chi connectivity index (χ4n) is 2.59. The Morgan fingerprint density at radius 3 is 2.82 bits per heavy atom. The normalized spacial score (nSPS) is 15.2. The summed E-state index contributed by atoms with van der Waals surface area (Å²) in [5.74, 6) is 0.294. The lowest BCUT2D eigenvalue weighted by Crippen LogP contribution is -2.37. The molecule has 1 heterocycles. The van der Waals surface area contributed by atoms with Crippen molar-refractivity contribution in [2.24, 2.45) is 0 Å². The van der Waals surface area contributed by atoms with Gasteiger partial charge in [-0.2, -0.15) is 0 Å². The Kier molecular flexibility index (Phi) is 6.72. The number of benzene rings is 2. The molecule has 3 rings (SSSR count). The molecule has 0 radical (unpaired) electrons. The van der Waals surface area contributed by atoms with E-state index < -0.39 is 0 Å². The number of hydrogen-bond donors (Lipinski definition) is 1. The van der Waals surface area contributed by atoms with Crippen LogP contribution in [-0.2, 0) is 4.79 Å². The second-order valence-corrected chi connectivity index (χ2v) is 7.99. The average molecular weight is 433 g/mol. The highest BCUT2D eigenvalue weighted by Crippen LogP contribution is 2.32. The van der Waals surface area contributed by atoms with Gasteiger partial charge in [-0.3, -0.25) is 14.5 Å². The molecule has 8 heteroatoms. The van der Waals surface area contributed by atoms with Crippen molar-refractivity contribution in [3.8, 4) is 5.75 Å². The minimum atomic E-state index is -0.250. The lowest BCUT2D eigenvalue weighted by molar-refractivity contribution is -0.122. The van der Waals surface area contributed by atoms with E-state index in [1.165, 1.54) is 16.7 Å². The van der Waals surface area contributed by atoms with Gasteiger partial charge in [0.15, 0.2) is 0 Å². The first-order valence-corrected chi connectivity index (χ1v) is 10.0. The van der Waals surface area contributed by atoms with Gasteiger partial charge in [-0.1, -0.05) is 53.8 Å². The highest BCUT2D eigenvalue weighted by Gasteiger charge is 2.31.